The van der Waals surface area contributed by atoms with Crippen LogP contribution in [0.25, 0.3) is 0 Å². The van der Waals surface area contributed by atoms with Crippen molar-refractivity contribution in [2.45, 2.75) is 70.3 Å². The van der Waals surface area contributed by atoms with Crippen LogP contribution in [0.4, 0.5) is 50.0 Å². The van der Waals surface area contributed by atoms with E-state index in [0.29, 0.717) is 25.0 Å². The summed E-state index contributed by atoms with van der Waals surface area (Å²) in [7, 11) is 0. The van der Waals surface area contributed by atoms with Gasteiger partial charge < -0.3 is 10.1 Å². The lowest BCUT2D eigenvalue weighted by atomic mass is 9.88. The predicted octanol–water partition coefficient (Wildman–Crippen LogP) is 8.11. The zero-order chi connectivity index (χ0) is 28.5. The SMILES string of the molecule is CCCOC(=O)N1c2ccc(C(F)(F)F)cc2C(NCc2cc(C(F)(F)F)cc(C(F)(F)F)c2)CC1CC. The molecule has 0 aliphatic carbocycles. The lowest BCUT2D eigenvalue weighted by Crippen LogP contribution is -2.47. The van der Waals surface area contributed by atoms with Gasteiger partial charge in [0, 0.05) is 18.6 Å². The van der Waals surface area contributed by atoms with E-state index in [-0.39, 0.29) is 35.9 Å². The van der Waals surface area contributed by atoms with E-state index in [1.807, 2.05) is 0 Å². The van der Waals surface area contributed by atoms with Crippen molar-refractivity contribution in [1.29, 1.82) is 0 Å². The Kier molecular flexibility index (Phi) is 8.59. The highest BCUT2D eigenvalue weighted by molar-refractivity contribution is 5.90. The topological polar surface area (TPSA) is 41.6 Å². The van der Waals surface area contributed by atoms with Gasteiger partial charge in [-0.25, -0.2) is 4.79 Å². The van der Waals surface area contributed by atoms with Crippen LogP contribution in [0.2, 0.25) is 0 Å². The summed E-state index contributed by atoms with van der Waals surface area (Å²) in [6, 6.07) is 2.41. The van der Waals surface area contributed by atoms with Gasteiger partial charge in [0.15, 0.2) is 0 Å². The van der Waals surface area contributed by atoms with Crippen LogP contribution in [-0.4, -0.2) is 18.7 Å². The lowest BCUT2D eigenvalue weighted by molar-refractivity contribution is -0.143. The Morgan fingerprint density at radius 1 is 0.895 bits per heavy atom. The van der Waals surface area contributed by atoms with Gasteiger partial charge in [-0.2, -0.15) is 39.5 Å². The number of fused-ring (bicyclic) bond motifs is 1. The summed E-state index contributed by atoms with van der Waals surface area (Å²) in [6.07, 6.45) is -14.6. The van der Waals surface area contributed by atoms with E-state index in [1.54, 1.807) is 13.8 Å². The molecule has 0 saturated heterocycles. The highest BCUT2D eigenvalue weighted by Gasteiger charge is 2.40. The van der Waals surface area contributed by atoms with Crippen molar-refractivity contribution < 1.29 is 49.0 Å². The van der Waals surface area contributed by atoms with Gasteiger partial charge in [-0.15, -0.1) is 0 Å². The Morgan fingerprint density at radius 2 is 1.47 bits per heavy atom. The molecule has 0 bridgehead atoms. The summed E-state index contributed by atoms with van der Waals surface area (Å²) in [5.41, 5.74) is -4.21. The van der Waals surface area contributed by atoms with Crippen molar-refractivity contribution in [1.82, 2.24) is 5.32 Å². The predicted molar refractivity (Wildman–Crippen MR) is 120 cm³/mol. The second-order valence-electron chi connectivity index (χ2n) is 8.90. The molecule has 2 aromatic rings. The van der Waals surface area contributed by atoms with Gasteiger partial charge in [0.05, 0.1) is 29.0 Å². The molecule has 0 aromatic heterocycles. The van der Waals surface area contributed by atoms with Crippen molar-refractivity contribution in [3.8, 4) is 0 Å². The summed E-state index contributed by atoms with van der Waals surface area (Å²) < 4.78 is 125. The second-order valence-corrected chi connectivity index (χ2v) is 8.90. The number of carbonyl (C=O) groups is 1. The average molecular weight is 556 g/mol. The molecule has 2 atom stereocenters. The number of alkyl halides is 9. The Labute approximate surface area is 212 Å². The first-order valence-corrected chi connectivity index (χ1v) is 11.7. The summed E-state index contributed by atoms with van der Waals surface area (Å²) in [5.74, 6) is 0. The van der Waals surface area contributed by atoms with E-state index in [0.717, 1.165) is 18.2 Å². The molecule has 1 N–H and O–H groups in total. The zero-order valence-electron chi connectivity index (χ0n) is 20.3. The molecule has 4 nitrogen and oxygen atoms in total. The number of carbonyl (C=O) groups excluding carboxylic acids is 1. The van der Waals surface area contributed by atoms with Crippen molar-refractivity contribution >= 4 is 11.8 Å². The Morgan fingerprint density at radius 3 is 1.97 bits per heavy atom. The molecule has 1 amide bonds. The van der Waals surface area contributed by atoms with Crippen LogP contribution in [0.15, 0.2) is 36.4 Å². The normalized spacial score (nSPS) is 18.3. The maximum absolute atomic E-state index is 13.5. The zero-order valence-corrected chi connectivity index (χ0v) is 20.3. The summed E-state index contributed by atoms with van der Waals surface area (Å²) in [6.45, 7) is 3.09. The van der Waals surface area contributed by atoms with E-state index >= 15 is 0 Å². The molecule has 0 spiro atoms. The van der Waals surface area contributed by atoms with Crippen molar-refractivity contribution in [2.75, 3.05) is 11.5 Å². The average Bonchev–Trinajstić information content (AvgIpc) is 2.83. The van der Waals surface area contributed by atoms with Crippen LogP contribution in [0.3, 0.4) is 0 Å². The van der Waals surface area contributed by atoms with Crippen LogP contribution in [-0.2, 0) is 29.8 Å². The highest BCUT2D eigenvalue weighted by Crippen LogP contribution is 2.42. The lowest BCUT2D eigenvalue weighted by Gasteiger charge is -2.40. The minimum Gasteiger partial charge on any atom is -0.449 e. The molecule has 0 fully saturated rings. The molecule has 38 heavy (non-hydrogen) atoms. The standard InChI is InChI=1S/C25H25F9N2O2/c1-3-7-38-22(37)36-18(4-2)12-20(19-11-15(23(26,27)28)5-6-21(19)36)35-13-14-8-16(24(29,30)31)10-17(9-14)25(32,33)34/h5-6,8-11,18,20,35H,3-4,7,12-13H2,1-2H3. The first-order chi connectivity index (χ1) is 17.6. The number of rotatable bonds is 6. The van der Waals surface area contributed by atoms with Crippen molar-refractivity contribution in [2.24, 2.45) is 0 Å². The number of hydrogen-bond donors (Lipinski definition) is 1. The van der Waals surface area contributed by atoms with Crippen LogP contribution in [0, 0.1) is 0 Å². The minimum absolute atomic E-state index is 0.00191. The third-order valence-corrected chi connectivity index (χ3v) is 6.16. The Hall–Kier alpha value is -2.96. The molecule has 1 aliphatic rings. The first-order valence-electron chi connectivity index (χ1n) is 11.7. The number of ether oxygens (including phenoxy) is 1. The third-order valence-electron chi connectivity index (χ3n) is 6.16. The fourth-order valence-electron chi connectivity index (χ4n) is 4.34. The fourth-order valence-corrected chi connectivity index (χ4v) is 4.34. The van der Waals surface area contributed by atoms with Crippen LogP contribution >= 0.6 is 0 Å². The van der Waals surface area contributed by atoms with E-state index in [1.165, 1.54) is 4.90 Å². The molecule has 210 valence electrons. The van der Waals surface area contributed by atoms with E-state index in [2.05, 4.69) is 5.32 Å². The molecule has 3 rings (SSSR count). The van der Waals surface area contributed by atoms with Gasteiger partial charge in [0.25, 0.3) is 0 Å². The van der Waals surface area contributed by atoms with E-state index < -0.39 is 59.9 Å². The Balaban J connectivity index is 2.02. The number of anilines is 1. The van der Waals surface area contributed by atoms with Crippen molar-refractivity contribution in [3.63, 3.8) is 0 Å². The Bertz CT molecular complexity index is 1110. The third kappa shape index (κ3) is 6.72. The van der Waals surface area contributed by atoms with E-state index in [9.17, 15) is 44.3 Å². The fraction of sp³-hybridized carbons (Fsp3) is 0.480. The van der Waals surface area contributed by atoms with Crippen LogP contribution in [0.1, 0.15) is 67.0 Å². The number of halogens is 9. The van der Waals surface area contributed by atoms with E-state index in [4.69, 9.17) is 4.74 Å². The summed E-state index contributed by atoms with van der Waals surface area (Å²) in [5, 5.41) is 2.82. The largest absolute Gasteiger partial charge is 0.449 e. The molecule has 0 radical (unpaired) electrons. The number of nitrogens with one attached hydrogen (secondary N) is 1. The molecule has 13 heteroatoms. The molecule has 0 saturated carbocycles. The van der Waals surface area contributed by atoms with Gasteiger partial charge in [-0.3, -0.25) is 4.90 Å². The molecular formula is C25H25F9N2O2. The highest BCUT2D eigenvalue weighted by atomic mass is 19.4. The maximum atomic E-state index is 13.5. The smallest absolute Gasteiger partial charge is 0.416 e. The minimum atomic E-state index is -5.04. The number of amides is 1. The maximum Gasteiger partial charge on any atom is 0.416 e. The second kappa shape index (κ2) is 11.0. The van der Waals surface area contributed by atoms with Gasteiger partial charge >= 0.3 is 24.6 Å². The van der Waals surface area contributed by atoms with Gasteiger partial charge in [-0.05, 0) is 66.8 Å². The number of hydrogen-bond acceptors (Lipinski definition) is 3. The van der Waals surface area contributed by atoms with Gasteiger partial charge in [-0.1, -0.05) is 13.8 Å². The quantitative estimate of drug-likeness (QED) is 0.366. The molecule has 1 heterocycles. The molecular weight excluding hydrogens is 531 g/mol. The van der Waals surface area contributed by atoms with Crippen molar-refractivity contribution in [3.05, 3.63) is 64.2 Å². The van der Waals surface area contributed by atoms with Crippen LogP contribution < -0.4 is 10.2 Å². The molecule has 1 aliphatic heterocycles. The van der Waals surface area contributed by atoms with Gasteiger partial charge in [0.1, 0.15) is 0 Å². The number of benzene rings is 2. The molecule has 2 aromatic carbocycles. The van der Waals surface area contributed by atoms with Gasteiger partial charge in [0.2, 0.25) is 0 Å². The number of nitrogens with zero attached hydrogens (tertiary/aromatic N) is 1. The molecule has 2 unspecified atom stereocenters. The summed E-state index contributed by atoms with van der Waals surface area (Å²) in [4.78, 5) is 14.0. The monoisotopic (exact) mass is 556 g/mol. The first kappa shape index (κ1) is 29.6. The summed E-state index contributed by atoms with van der Waals surface area (Å²) >= 11 is 0. The van der Waals surface area contributed by atoms with Crippen LogP contribution in [0.5, 0.6) is 0 Å².